The van der Waals surface area contributed by atoms with Gasteiger partial charge in [0.2, 0.25) is 0 Å². The van der Waals surface area contributed by atoms with Crippen molar-refractivity contribution >= 4 is 25.6 Å². The highest BCUT2D eigenvalue weighted by molar-refractivity contribution is 7.79. The first-order chi connectivity index (χ1) is 7.12. The Morgan fingerprint density at radius 1 is 0.882 bits per heavy atom. The van der Waals surface area contributed by atoms with Crippen LogP contribution in [0.25, 0.3) is 0 Å². The molecule has 0 bridgehead atoms. The van der Waals surface area contributed by atoms with Crippen molar-refractivity contribution in [1.82, 2.24) is 0 Å². The van der Waals surface area contributed by atoms with Gasteiger partial charge in [0.1, 0.15) is 0 Å². The van der Waals surface area contributed by atoms with E-state index >= 15 is 0 Å². The van der Waals surface area contributed by atoms with Gasteiger partial charge in [-0.2, -0.15) is 0 Å². The van der Waals surface area contributed by atoms with Crippen molar-refractivity contribution in [3.05, 3.63) is 0 Å². The molecule has 0 atom stereocenters. The molecule has 0 aromatic rings. The predicted molar refractivity (Wildman–Crippen MR) is 50.1 cm³/mol. The van der Waals surface area contributed by atoms with E-state index in [4.69, 9.17) is 37.1 Å². The van der Waals surface area contributed by atoms with Gasteiger partial charge in [-0.3, -0.25) is 17.5 Å². The Labute approximate surface area is 96.5 Å². The van der Waals surface area contributed by atoms with Crippen LogP contribution in [0.4, 0.5) is 0 Å². The van der Waals surface area contributed by atoms with Gasteiger partial charge >= 0.3 is 15.2 Å². The van der Waals surface area contributed by atoms with Crippen molar-refractivity contribution in [2.75, 3.05) is 12.6 Å². The lowest BCUT2D eigenvalue weighted by Gasteiger charge is -2.06. The summed E-state index contributed by atoms with van der Waals surface area (Å²) in [7, 11) is -12.7. The van der Waals surface area contributed by atoms with Gasteiger partial charge in [-0.25, -0.2) is 0 Å². The maximum atomic E-state index is 9.63. The molecule has 17 heavy (non-hydrogen) atoms. The van der Waals surface area contributed by atoms with Gasteiger partial charge < -0.3 is 40.1 Å². The third kappa shape index (κ3) is 86.1. The zero-order chi connectivity index (χ0) is 14.9. The first-order valence-electron chi connectivity index (χ1n) is 3.46. The first kappa shape index (κ1) is 22.3. The molecule has 0 saturated heterocycles. The summed E-state index contributed by atoms with van der Waals surface area (Å²) >= 11 is 0. The van der Waals surface area contributed by atoms with Crippen LogP contribution in [0.1, 0.15) is 0 Å². The molecule has 12 nitrogen and oxygen atoms in total. The minimum atomic E-state index is -5.17. The number of hydrogen-bond donors (Lipinski definition) is 6. The van der Waals surface area contributed by atoms with E-state index in [2.05, 4.69) is 11.5 Å². The second-order valence-corrected chi connectivity index (χ2v) is 6.55. The summed E-state index contributed by atoms with van der Waals surface area (Å²) in [6.07, 6.45) is -0.625. The van der Waals surface area contributed by atoms with E-state index in [9.17, 15) is 9.13 Å². The van der Waals surface area contributed by atoms with Gasteiger partial charge in [0.25, 0.3) is 0 Å². The molecule has 0 aliphatic heterocycles. The fourth-order valence-electron chi connectivity index (χ4n) is 0. The molecule has 108 valence electrons. The molecule has 0 amide bonds. The standard InChI is InChI=1S/2CH6NO3P.H2O4S/c2*2-1-6(3,4)5;1-5(2,3)4/h2*1-2H2,(H2,3,4,5);(H2,1,2,3,4). The Morgan fingerprint density at radius 3 is 0.941 bits per heavy atom. The molecule has 0 aliphatic carbocycles. The Bertz CT molecular complexity index is 336. The molecule has 0 rings (SSSR count). The van der Waals surface area contributed by atoms with Crippen molar-refractivity contribution in [2.24, 2.45) is 0 Å². The summed E-state index contributed by atoms with van der Waals surface area (Å²) in [5.74, 6) is 0. The predicted octanol–water partition coefficient (Wildman–Crippen LogP) is -4.61. The van der Waals surface area contributed by atoms with Gasteiger partial charge in [-0.05, 0) is 0 Å². The smallest absolute Gasteiger partial charge is 0.379 e. The van der Waals surface area contributed by atoms with E-state index in [1.165, 1.54) is 0 Å². The molecular formula is C2H14N2O10P2S. The van der Waals surface area contributed by atoms with Crippen LogP contribution in [0.15, 0.2) is 0 Å². The summed E-state index contributed by atoms with van der Waals surface area (Å²) in [6, 6.07) is 0. The Balaban J connectivity index is -0.000000174. The highest BCUT2D eigenvalue weighted by Crippen LogP contribution is 2.29. The van der Waals surface area contributed by atoms with Crippen molar-refractivity contribution in [3.8, 4) is 0 Å². The topological polar surface area (TPSA) is 251 Å². The van der Waals surface area contributed by atoms with E-state index in [1.54, 1.807) is 0 Å². The van der Waals surface area contributed by atoms with E-state index in [0.29, 0.717) is 0 Å². The maximum Gasteiger partial charge on any atom is 0.379 e. The monoisotopic (exact) mass is 320 g/mol. The van der Waals surface area contributed by atoms with Crippen LogP contribution >= 0.6 is 15.2 Å². The van der Waals surface area contributed by atoms with E-state index in [1.807, 2.05) is 0 Å². The summed E-state index contributed by atoms with van der Waals surface area (Å²) in [5.41, 5.74) is 5.99. The van der Waals surface area contributed by atoms with Crippen LogP contribution in [0, 0.1) is 0 Å². The van der Waals surface area contributed by atoms with Gasteiger partial charge in [-0.1, -0.05) is 0 Å². The van der Waals surface area contributed by atoms with E-state index in [-0.39, 0.29) is 12.6 Å². The van der Waals surface area contributed by atoms with Crippen LogP contribution in [-0.2, 0) is 19.5 Å². The highest BCUT2D eigenvalue weighted by atomic mass is 32.3. The van der Waals surface area contributed by atoms with Crippen molar-refractivity contribution in [1.29, 1.82) is 0 Å². The van der Waals surface area contributed by atoms with E-state index in [0.717, 1.165) is 0 Å². The minimum absolute atomic E-state index is 0.312. The minimum Gasteiger partial charge on any atom is -0.759 e. The summed E-state index contributed by atoms with van der Waals surface area (Å²) < 4.78 is 53.3. The van der Waals surface area contributed by atoms with Crippen LogP contribution in [-0.4, -0.2) is 49.7 Å². The zero-order valence-corrected chi connectivity index (χ0v) is 11.0. The van der Waals surface area contributed by atoms with Gasteiger partial charge in [0, 0.05) is 10.4 Å². The molecule has 0 aromatic carbocycles. The fourth-order valence-corrected chi connectivity index (χ4v) is 0. The molecule has 10 N–H and O–H groups in total. The largest absolute Gasteiger partial charge is 0.759 e. The van der Waals surface area contributed by atoms with E-state index < -0.39 is 25.6 Å². The van der Waals surface area contributed by atoms with Gasteiger partial charge in [-0.15, -0.1) is 0 Å². The van der Waals surface area contributed by atoms with Crippen LogP contribution in [0.5, 0.6) is 0 Å². The molecular weight excluding hydrogens is 306 g/mol. The average molecular weight is 320 g/mol. The Morgan fingerprint density at radius 2 is 0.941 bits per heavy atom. The van der Waals surface area contributed by atoms with Gasteiger partial charge in [0.05, 0.1) is 0 Å². The molecule has 0 unspecified atom stereocenters. The summed E-state index contributed by atoms with van der Waals surface area (Å²) in [4.78, 5) is 31.5. The fraction of sp³-hybridized carbons (Fsp3) is 1.00. The lowest BCUT2D eigenvalue weighted by molar-refractivity contribution is -0.345. The van der Waals surface area contributed by atoms with Crippen molar-refractivity contribution in [3.63, 3.8) is 0 Å². The second kappa shape index (κ2) is 9.08. The summed E-state index contributed by atoms with van der Waals surface area (Å²) in [6.45, 7) is 0. The lowest BCUT2D eigenvalue weighted by Crippen LogP contribution is -2.49. The van der Waals surface area contributed by atoms with Gasteiger partial charge in [0.15, 0.2) is 12.6 Å². The Kier molecular flexibility index (Phi) is 11.9. The quantitative estimate of drug-likeness (QED) is 0.161. The lowest BCUT2D eigenvalue weighted by atomic mass is 11.6. The number of rotatable bonds is 2. The molecule has 0 spiro atoms. The van der Waals surface area contributed by atoms with Crippen molar-refractivity contribution in [2.45, 2.75) is 0 Å². The number of hydrogen-bond acceptors (Lipinski definition) is 6. The molecule has 0 aromatic heterocycles. The molecule has 0 saturated carbocycles. The normalized spacial score (nSPS) is 11.8. The molecule has 0 aliphatic rings. The average Bonchev–Trinajstić information content (AvgIpc) is 2.00. The van der Waals surface area contributed by atoms with Crippen LogP contribution < -0.4 is 11.5 Å². The van der Waals surface area contributed by atoms with Crippen LogP contribution in [0.2, 0.25) is 0 Å². The second-order valence-electron chi connectivity index (χ2n) is 2.18. The summed E-state index contributed by atoms with van der Waals surface area (Å²) in [5, 5.41) is 0. The highest BCUT2D eigenvalue weighted by Gasteiger charge is 2.09. The third-order valence-corrected chi connectivity index (χ3v) is 1.75. The third-order valence-electron chi connectivity index (χ3n) is 0.583. The molecule has 15 heteroatoms. The SMILES string of the molecule is O=S(=O)([O-])[O-].[NH3+]CP(=O)(O)O.[NH3+]CP(=O)(O)O. The first-order valence-corrected chi connectivity index (χ1v) is 8.39. The Hall–Kier alpha value is 0.0900. The molecule has 0 heterocycles. The zero-order valence-electron chi connectivity index (χ0n) is 8.37. The molecule has 0 fully saturated rings. The number of quaternary nitrogens is 2. The maximum absolute atomic E-state index is 9.63. The van der Waals surface area contributed by atoms with Crippen molar-refractivity contribution < 1.29 is 57.7 Å². The van der Waals surface area contributed by atoms with Crippen LogP contribution in [0.3, 0.4) is 0 Å². The molecule has 0 radical (unpaired) electrons.